The van der Waals surface area contributed by atoms with E-state index in [2.05, 4.69) is 5.32 Å². The van der Waals surface area contributed by atoms with Crippen LogP contribution in [-0.4, -0.2) is 36.3 Å². The fraction of sp³-hybridized carbons (Fsp3) is 0.385. The number of nitrogens with zero attached hydrogens (tertiary/aromatic N) is 1. The minimum absolute atomic E-state index is 0.0267. The molecule has 6 nitrogen and oxygen atoms in total. The van der Waals surface area contributed by atoms with Gasteiger partial charge in [-0.05, 0) is 24.6 Å². The van der Waals surface area contributed by atoms with Gasteiger partial charge in [0.15, 0.2) is 0 Å². The van der Waals surface area contributed by atoms with Crippen molar-refractivity contribution in [3.05, 3.63) is 29.8 Å². The Morgan fingerprint density at radius 2 is 1.89 bits per heavy atom. The number of nitrogen functional groups attached to an aromatic ring is 1. The quantitative estimate of drug-likeness (QED) is 0.613. The number of primary amides is 1. The van der Waals surface area contributed by atoms with E-state index in [9.17, 15) is 9.59 Å². The summed E-state index contributed by atoms with van der Waals surface area (Å²) in [5.41, 5.74) is 12.5. The number of nitrogens with two attached hydrogens (primary N) is 2. The van der Waals surface area contributed by atoms with E-state index in [1.807, 2.05) is 12.1 Å². The summed E-state index contributed by atoms with van der Waals surface area (Å²) >= 11 is 0. The zero-order valence-electron chi connectivity index (χ0n) is 11.2. The number of rotatable bonds is 6. The summed E-state index contributed by atoms with van der Waals surface area (Å²) in [4.78, 5) is 24.5. The molecule has 0 fully saturated rings. The van der Waals surface area contributed by atoms with Gasteiger partial charge >= 0.3 is 0 Å². The number of carbonyl (C=O) groups is 2. The minimum Gasteiger partial charge on any atom is -0.399 e. The Bertz CT molecular complexity index is 444. The van der Waals surface area contributed by atoms with E-state index >= 15 is 0 Å². The highest BCUT2D eigenvalue weighted by Crippen LogP contribution is 2.11. The summed E-state index contributed by atoms with van der Waals surface area (Å²) in [5.74, 6) is -0.622. The van der Waals surface area contributed by atoms with Gasteiger partial charge in [0.1, 0.15) is 0 Å². The average molecular weight is 264 g/mol. The monoisotopic (exact) mass is 264 g/mol. The van der Waals surface area contributed by atoms with Crippen LogP contribution in [0.5, 0.6) is 0 Å². The van der Waals surface area contributed by atoms with Gasteiger partial charge in [0.2, 0.25) is 11.8 Å². The first-order valence-corrected chi connectivity index (χ1v) is 6.02. The highest BCUT2D eigenvalue weighted by atomic mass is 16.2. The molecule has 1 aromatic carbocycles. The normalized spacial score (nSPS) is 12.2. The summed E-state index contributed by atoms with van der Waals surface area (Å²) in [6.45, 7) is 2.22. The Balaban J connectivity index is 2.82. The maximum absolute atomic E-state index is 11.7. The van der Waals surface area contributed by atoms with Crippen LogP contribution in [0.1, 0.15) is 12.5 Å². The Kier molecular flexibility index (Phi) is 5.32. The van der Waals surface area contributed by atoms with Crippen molar-refractivity contribution in [2.75, 3.05) is 19.3 Å². The molecular weight excluding hydrogens is 244 g/mol. The SMILES string of the molecule is CNC(=O)C(C)N(CC(N)=O)Cc1ccc(N)cc1. The minimum atomic E-state index is -0.466. The van der Waals surface area contributed by atoms with Crippen molar-refractivity contribution < 1.29 is 9.59 Å². The molecule has 0 aliphatic rings. The average Bonchev–Trinajstić information content (AvgIpc) is 2.38. The molecule has 2 amide bonds. The molecule has 1 unspecified atom stereocenters. The third kappa shape index (κ3) is 4.59. The van der Waals surface area contributed by atoms with Crippen molar-refractivity contribution in [1.82, 2.24) is 10.2 Å². The van der Waals surface area contributed by atoms with Crippen LogP contribution < -0.4 is 16.8 Å². The lowest BCUT2D eigenvalue weighted by molar-refractivity contribution is -0.127. The van der Waals surface area contributed by atoms with Gasteiger partial charge in [-0.25, -0.2) is 0 Å². The summed E-state index contributed by atoms with van der Waals surface area (Å²) in [6, 6.07) is 6.85. The van der Waals surface area contributed by atoms with Crippen LogP contribution in [0, 0.1) is 0 Å². The van der Waals surface area contributed by atoms with Gasteiger partial charge in [0.05, 0.1) is 12.6 Å². The second-order valence-corrected chi connectivity index (χ2v) is 4.40. The fourth-order valence-corrected chi connectivity index (χ4v) is 1.76. The van der Waals surface area contributed by atoms with E-state index in [-0.39, 0.29) is 12.5 Å². The van der Waals surface area contributed by atoms with Crippen LogP contribution in [0.2, 0.25) is 0 Å². The zero-order chi connectivity index (χ0) is 14.4. The first-order valence-electron chi connectivity index (χ1n) is 6.02. The lowest BCUT2D eigenvalue weighted by Crippen LogP contribution is -2.46. The molecule has 0 radical (unpaired) electrons. The number of benzene rings is 1. The number of anilines is 1. The van der Waals surface area contributed by atoms with Crippen molar-refractivity contribution in [3.8, 4) is 0 Å². The van der Waals surface area contributed by atoms with Crippen LogP contribution in [0.15, 0.2) is 24.3 Å². The summed E-state index contributed by atoms with van der Waals surface area (Å²) < 4.78 is 0. The number of hydrogen-bond donors (Lipinski definition) is 3. The van der Waals surface area contributed by atoms with E-state index in [0.717, 1.165) is 5.56 Å². The maximum Gasteiger partial charge on any atom is 0.236 e. The highest BCUT2D eigenvalue weighted by Gasteiger charge is 2.21. The molecule has 19 heavy (non-hydrogen) atoms. The van der Waals surface area contributed by atoms with Crippen LogP contribution in [0.4, 0.5) is 5.69 Å². The van der Waals surface area contributed by atoms with E-state index in [1.54, 1.807) is 31.0 Å². The van der Waals surface area contributed by atoms with Crippen molar-refractivity contribution in [2.24, 2.45) is 5.73 Å². The van der Waals surface area contributed by atoms with Gasteiger partial charge in [0, 0.05) is 19.3 Å². The van der Waals surface area contributed by atoms with Crippen molar-refractivity contribution in [2.45, 2.75) is 19.5 Å². The lowest BCUT2D eigenvalue weighted by atomic mass is 10.1. The second-order valence-electron chi connectivity index (χ2n) is 4.40. The Morgan fingerprint density at radius 1 is 1.32 bits per heavy atom. The highest BCUT2D eigenvalue weighted by molar-refractivity contribution is 5.82. The molecule has 1 atom stereocenters. The Morgan fingerprint density at radius 3 is 2.37 bits per heavy atom. The van der Waals surface area contributed by atoms with E-state index in [4.69, 9.17) is 11.5 Å². The third-order valence-corrected chi connectivity index (χ3v) is 2.90. The van der Waals surface area contributed by atoms with Gasteiger partial charge in [-0.1, -0.05) is 12.1 Å². The molecule has 0 aliphatic heterocycles. The molecule has 0 heterocycles. The predicted octanol–water partition coefficient (Wildman–Crippen LogP) is -0.309. The third-order valence-electron chi connectivity index (χ3n) is 2.90. The molecule has 1 rings (SSSR count). The van der Waals surface area contributed by atoms with Crippen LogP contribution in [-0.2, 0) is 16.1 Å². The van der Waals surface area contributed by atoms with Gasteiger partial charge in [-0.3, -0.25) is 14.5 Å². The first kappa shape index (κ1) is 15.0. The first-order chi connectivity index (χ1) is 8.93. The molecule has 0 saturated heterocycles. The molecule has 0 bridgehead atoms. The van der Waals surface area contributed by atoms with Crippen LogP contribution >= 0.6 is 0 Å². The summed E-state index contributed by atoms with van der Waals surface area (Å²) in [6.07, 6.45) is 0. The summed E-state index contributed by atoms with van der Waals surface area (Å²) in [7, 11) is 1.56. The van der Waals surface area contributed by atoms with Crippen molar-refractivity contribution in [3.63, 3.8) is 0 Å². The Labute approximate surface area is 112 Å². The zero-order valence-corrected chi connectivity index (χ0v) is 11.2. The molecule has 104 valence electrons. The number of likely N-dealkylation sites (N-methyl/N-ethyl adjacent to an activating group) is 1. The molecule has 0 aromatic heterocycles. The van der Waals surface area contributed by atoms with Gasteiger partial charge in [-0.15, -0.1) is 0 Å². The molecule has 0 saturated carbocycles. The standard InChI is InChI=1S/C13H20N4O2/c1-9(13(19)16-2)17(8-12(15)18)7-10-3-5-11(14)6-4-10/h3-6,9H,7-8,14H2,1-2H3,(H2,15,18)(H,16,19). The second kappa shape index (κ2) is 6.75. The van der Waals surface area contributed by atoms with Gasteiger partial charge < -0.3 is 16.8 Å². The fourth-order valence-electron chi connectivity index (χ4n) is 1.76. The topological polar surface area (TPSA) is 101 Å². The van der Waals surface area contributed by atoms with E-state index in [0.29, 0.717) is 12.2 Å². The smallest absolute Gasteiger partial charge is 0.236 e. The van der Waals surface area contributed by atoms with E-state index in [1.165, 1.54) is 0 Å². The lowest BCUT2D eigenvalue weighted by Gasteiger charge is -2.26. The molecular formula is C13H20N4O2. The predicted molar refractivity (Wildman–Crippen MR) is 74.0 cm³/mol. The molecule has 0 spiro atoms. The molecule has 0 aliphatic carbocycles. The maximum atomic E-state index is 11.7. The molecule has 1 aromatic rings. The number of nitrogens with one attached hydrogen (secondary N) is 1. The van der Waals surface area contributed by atoms with Gasteiger partial charge in [-0.2, -0.15) is 0 Å². The van der Waals surface area contributed by atoms with Crippen molar-refractivity contribution in [1.29, 1.82) is 0 Å². The number of amides is 2. The summed E-state index contributed by atoms with van der Waals surface area (Å²) in [5, 5.41) is 2.56. The largest absolute Gasteiger partial charge is 0.399 e. The van der Waals surface area contributed by atoms with E-state index < -0.39 is 11.9 Å². The Hall–Kier alpha value is -2.08. The number of carbonyl (C=O) groups excluding carboxylic acids is 2. The van der Waals surface area contributed by atoms with Crippen LogP contribution in [0.25, 0.3) is 0 Å². The number of hydrogen-bond acceptors (Lipinski definition) is 4. The van der Waals surface area contributed by atoms with Gasteiger partial charge in [0.25, 0.3) is 0 Å². The molecule has 6 heteroatoms. The van der Waals surface area contributed by atoms with Crippen molar-refractivity contribution >= 4 is 17.5 Å². The molecule has 5 N–H and O–H groups in total. The van der Waals surface area contributed by atoms with Crippen LogP contribution in [0.3, 0.4) is 0 Å².